The van der Waals surface area contributed by atoms with Crippen LogP contribution in [0.4, 0.5) is 4.79 Å². The van der Waals surface area contributed by atoms with E-state index in [0.29, 0.717) is 6.04 Å². The van der Waals surface area contributed by atoms with E-state index in [0.717, 1.165) is 30.1 Å². The van der Waals surface area contributed by atoms with Gasteiger partial charge in [0.25, 0.3) is 0 Å². The van der Waals surface area contributed by atoms with E-state index in [1.165, 1.54) is 32.1 Å². The average molecular weight is 290 g/mol. The second kappa shape index (κ2) is 5.31. The number of amides is 2. The maximum Gasteiger partial charge on any atom is 0.315 e. The Labute approximate surface area is 126 Å². The largest absolute Gasteiger partial charge is 0.396 e. The molecule has 4 bridgehead atoms. The van der Waals surface area contributed by atoms with Gasteiger partial charge in [0.05, 0.1) is 0 Å². The molecule has 0 aromatic heterocycles. The first-order chi connectivity index (χ1) is 10.2. The maximum absolute atomic E-state index is 12.3. The van der Waals surface area contributed by atoms with Gasteiger partial charge in [-0.15, -0.1) is 0 Å². The number of hydrogen-bond donors (Lipinski definition) is 3. The first kappa shape index (κ1) is 13.6. The molecule has 0 spiro atoms. The third kappa shape index (κ3) is 2.59. The van der Waals surface area contributed by atoms with Gasteiger partial charge >= 0.3 is 6.03 Å². The third-order valence-corrected chi connectivity index (χ3v) is 6.25. The lowest BCUT2D eigenvalue weighted by Crippen LogP contribution is -2.58. The van der Waals surface area contributed by atoms with E-state index < -0.39 is 0 Å². The maximum atomic E-state index is 12.3. The van der Waals surface area contributed by atoms with Gasteiger partial charge in [0.15, 0.2) is 0 Å². The zero-order valence-electron chi connectivity index (χ0n) is 12.5. The summed E-state index contributed by atoms with van der Waals surface area (Å²) in [5.41, 5.74) is 0. The summed E-state index contributed by atoms with van der Waals surface area (Å²) >= 11 is 0. The Morgan fingerprint density at radius 1 is 0.952 bits per heavy atom. The van der Waals surface area contributed by atoms with E-state index in [2.05, 4.69) is 10.6 Å². The zero-order chi connectivity index (χ0) is 14.4. The summed E-state index contributed by atoms with van der Waals surface area (Å²) < 4.78 is 0. The van der Waals surface area contributed by atoms with E-state index in [-0.39, 0.29) is 24.6 Å². The van der Waals surface area contributed by atoms with Gasteiger partial charge < -0.3 is 15.7 Å². The minimum atomic E-state index is -0.0132. The minimum Gasteiger partial charge on any atom is -0.396 e. The summed E-state index contributed by atoms with van der Waals surface area (Å²) in [6, 6.07) is 0.469. The number of carbonyl (C=O) groups is 1. The monoisotopic (exact) mass is 290 g/mol. The predicted molar refractivity (Wildman–Crippen MR) is 80.6 cm³/mol. The minimum absolute atomic E-state index is 0.0132. The van der Waals surface area contributed by atoms with Crippen LogP contribution in [0.3, 0.4) is 0 Å². The number of hydrogen-bond acceptors (Lipinski definition) is 2. The van der Waals surface area contributed by atoms with Crippen molar-refractivity contribution in [1.29, 1.82) is 0 Å². The average Bonchev–Trinajstić information content (AvgIpc) is 2.89. The molecule has 5 aliphatic carbocycles. The van der Waals surface area contributed by atoms with Crippen LogP contribution in [0, 0.1) is 29.6 Å². The summed E-state index contributed by atoms with van der Waals surface area (Å²) in [6.07, 6.45) is 11.6. The molecule has 0 aromatic rings. The Morgan fingerprint density at radius 2 is 1.62 bits per heavy atom. The van der Waals surface area contributed by atoms with Crippen LogP contribution in [0.5, 0.6) is 0 Å². The molecular formula is C17H26N2O2. The van der Waals surface area contributed by atoms with Crippen LogP contribution in [0.15, 0.2) is 12.2 Å². The van der Waals surface area contributed by atoms with Crippen LogP contribution in [0.25, 0.3) is 0 Å². The van der Waals surface area contributed by atoms with Gasteiger partial charge in [0.2, 0.25) is 0 Å². The van der Waals surface area contributed by atoms with Gasteiger partial charge in [-0.05, 0) is 62.2 Å². The van der Waals surface area contributed by atoms with E-state index in [9.17, 15) is 4.79 Å². The van der Waals surface area contributed by atoms with Gasteiger partial charge in [0, 0.05) is 24.6 Å². The fraction of sp³-hybridized carbons (Fsp3) is 0.824. The van der Waals surface area contributed by atoms with Crippen molar-refractivity contribution in [3.63, 3.8) is 0 Å². The number of aliphatic hydroxyl groups is 1. The highest BCUT2D eigenvalue weighted by atomic mass is 16.3. The fourth-order valence-electron chi connectivity index (χ4n) is 5.54. The Hall–Kier alpha value is -1.03. The standard InChI is InChI=1S/C17H26N2O2/c20-9-10-1-2-15(8-10)18-17(21)19-16-13-4-11-3-12(6-13)7-14(16)5-11/h1-2,10-16,20H,3-9H2,(H2,18,19,21)/t10-,11?,12?,13?,14?,15+,16?/m0/s1. The lowest BCUT2D eigenvalue weighted by atomic mass is 9.54. The van der Waals surface area contributed by atoms with E-state index in [1.807, 2.05) is 12.2 Å². The summed E-state index contributed by atoms with van der Waals surface area (Å²) in [5.74, 6) is 3.53. The molecule has 3 N–H and O–H groups in total. The first-order valence-electron chi connectivity index (χ1n) is 8.57. The van der Waals surface area contributed by atoms with Gasteiger partial charge in [-0.1, -0.05) is 12.2 Å². The summed E-state index contributed by atoms with van der Waals surface area (Å²) in [6.45, 7) is 0.172. The summed E-state index contributed by atoms with van der Waals surface area (Å²) in [5, 5.41) is 15.5. The predicted octanol–water partition coefficient (Wildman–Crippen LogP) is 2.05. The van der Waals surface area contributed by atoms with Gasteiger partial charge in [-0.2, -0.15) is 0 Å². The van der Waals surface area contributed by atoms with Crippen molar-refractivity contribution >= 4 is 6.03 Å². The molecule has 0 aromatic carbocycles. The van der Waals surface area contributed by atoms with E-state index >= 15 is 0 Å². The molecule has 4 nitrogen and oxygen atoms in total. The summed E-state index contributed by atoms with van der Waals surface area (Å²) in [7, 11) is 0. The first-order valence-corrected chi connectivity index (χ1v) is 8.57. The third-order valence-electron chi connectivity index (χ3n) is 6.25. The molecule has 0 saturated heterocycles. The highest BCUT2D eigenvalue weighted by Gasteiger charge is 2.48. The van der Waals surface area contributed by atoms with Gasteiger partial charge in [0.1, 0.15) is 0 Å². The van der Waals surface area contributed by atoms with Crippen LogP contribution in [-0.2, 0) is 0 Å². The SMILES string of the molecule is O=C(NC1C2CC3CC(C2)CC1C3)N[C@@H]1C=C[C@H](CO)C1. The van der Waals surface area contributed by atoms with Crippen LogP contribution in [-0.4, -0.2) is 29.8 Å². The highest BCUT2D eigenvalue weighted by molar-refractivity contribution is 5.75. The molecule has 2 atom stereocenters. The second-order valence-electron chi connectivity index (χ2n) is 7.74. The lowest BCUT2D eigenvalue weighted by molar-refractivity contribution is -0.00948. The topological polar surface area (TPSA) is 61.4 Å². The molecule has 4 heteroatoms. The van der Waals surface area contributed by atoms with Gasteiger partial charge in [-0.3, -0.25) is 0 Å². The Kier molecular flexibility index (Phi) is 3.44. The number of aliphatic hydroxyl groups excluding tert-OH is 1. The van der Waals surface area contributed by atoms with E-state index in [4.69, 9.17) is 5.11 Å². The molecule has 4 saturated carbocycles. The molecular weight excluding hydrogens is 264 g/mol. The lowest BCUT2D eigenvalue weighted by Gasteiger charge is -2.54. The van der Waals surface area contributed by atoms with Crippen molar-refractivity contribution in [1.82, 2.24) is 10.6 Å². The van der Waals surface area contributed by atoms with Crippen LogP contribution >= 0.6 is 0 Å². The molecule has 5 rings (SSSR count). The summed E-state index contributed by atoms with van der Waals surface area (Å²) in [4.78, 5) is 12.3. The number of urea groups is 1. The molecule has 0 radical (unpaired) electrons. The molecule has 21 heavy (non-hydrogen) atoms. The Bertz CT molecular complexity index is 420. The fourth-order valence-corrected chi connectivity index (χ4v) is 5.54. The van der Waals surface area contributed by atoms with Crippen molar-refractivity contribution in [2.75, 3.05) is 6.61 Å². The second-order valence-corrected chi connectivity index (χ2v) is 7.74. The Balaban J connectivity index is 1.32. The number of rotatable bonds is 3. The van der Waals surface area contributed by atoms with E-state index in [1.54, 1.807) is 0 Å². The highest BCUT2D eigenvalue weighted by Crippen LogP contribution is 2.53. The normalized spacial score (nSPS) is 46.8. The molecule has 116 valence electrons. The zero-order valence-corrected chi connectivity index (χ0v) is 12.5. The van der Waals surface area contributed by atoms with Crippen molar-refractivity contribution in [3.05, 3.63) is 12.2 Å². The molecule has 0 unspecified atom stereocenters. The molecule has 0 aliphatic heterocycles. The molecule has 0 heterocycles. The van der Waals surface area contributed by atoms with Crippen LogP contribution in [0.2, 0.25) is 0 Å². The van der Waals surface area contributed by atoms with Crippen molar-refractivity contribution in [2.45, 2.75) is 50.6 Å². The van der Waals surface area contributed by atoms with Crippen LogP contribution < -0.4 is 10.6 Å². The molecule has 5 aliphatic rings. The van der Waals surface area contributed by atoms with Crippen LogP contribution in [0.1, 0.15) is 38.5 Å². The van der Waals surface area contributed by atoms with Gasteiger partial charge in [-0.25, -0.2) is 4.79 Å². The van der Waals surface area contributed by atoms with Crippen molar-refractivity contribution in [3.8, 4) is 0 Å². The molecule has 2 amide bonds. The van der Waals surface area contributed by atoms with Crippen molar-refractivity contribution in [2.24, 2.45) is 29.6 Å². The molecule has 4 fully saturated rings. The smallest absolute Gasteiger partial charge is 0.315 e. The number of nitrogens with one attached hydrogen (secondary N) is 2. The van der Waals surface area contributed by atoms with Crippen molar-refractivity contribution < 1.29 is 9.90 Å². The quantitative estimate of drug-likeness (QED) is 0.697. The number of carbonyl (C=O) groups excluding carboxylic acids is 1. The Morgan fingerprint density at radius 3 is 2.19 bits per heavy atom.